The first-order valence-corrected chi connectivity index (χ1v) is 8.15. The SMILES string of the molecule is CCC1COCCN1CC1(CNC)CCC(C)CC1. The van der Waals surface area contributed by atoms with Crippen molar-refractivity contribution in [3.8, 4) is 0 Å². The van der Waals surface area contributed by atoms with Gasteiger partial charge in [-0.3, -0.25) is 4.90 Å². The number of morpholine rings is 1. The molecule has 1 aliphatic carbocycles. The lowest BCUT2D eigenvalue weighted by Crippen LogP contribution is -2.52. The van der Waals surface area contributed by atoms with E-state index in [2.05, 4.69) is 31.1 Å². The molecule has 19 heavy (non-hydrogen) atoms. The third-order valence-electron chi connectivity index (χ3n) is 5.25. The van der Waals surface area contributed by atoms with E-state index in [1.807, 2.05) is 0 Å². The standard InChI is InChI=1S/C16H32N2O/c1-4-15-11-19-10-9-18(15)13-16(12-17-3)7-5-14(2)6-8-16/h14-15,17H,4-13H2,1-3H3. The normalized spacial score (nSPS) is 37.4. The molecular weight excluding hydrogens is 236 g/mol. The van der Waals surface area contributed by atoms with Gasteiger partial charge in [0, 0.05) is 25.7 Å². The Bertz CT molecular complexity index is 261. The van der Waals surface area contributed by atoms with Crippen molar-refractivity contribution in [2.45, 2.75) is 52.0 Å². The number of nitrogens with zero attached hydrogens (tertiary/aromatic N) is 1. The summed E-state index contributed by atoms with van der Waals surface area (Å²) in [5.41, 5.74) is 0.506. The Morgan fingerprint density at radius 3 is 2.68 bits per heavy atom. The molecule has 2 rings (SSSR count). The van der Waals surface area contributed by atoms with Crippen LogP contribution in [0.3, 0.4) is 0 Å². The van der Waals surface area contributed by atoms with Gasteiger partial charge in [0.15, 0.2) is 0 Å². The highest BCUT2D eigenvalue weighted by Crippen LogP contribution is 2.39. The van der Waals surface area contributed by atoms with Gasteiger partial charge in [0.25, 0.3) is 0 Å². The van der Waals surface area contributed by atoms with Gasteiger partial charge in [-0.25, -0.2) is 0 Å². The Labute approximate surface area is 119 Å². The molecule has 1 saturated carbocycles. The van der Waals surface area contributed by atoms with Crippen LogP contribution in [0, 0.1) is 11.3 Å². The minimum atomic E-state index is 0.506. The third-order valence-corrected chi connectivity index (χ3v) is 5.25. The summed E-state index contributed by atoms with van der Waals surface area (Å²) >= 11 is 0. The fourth-order valence-electron chi connectivity index (χ4n) is 3.84. The summed E-state index contributed by atoms with van der Waals surface area (Å²) in [6.07, 6.45) is 6.81. The van der Waals surface area contributed by atoms with Crippen LogP contribution >= 0.6 is 0 Å². The second-order valence-corrected chi connectivity index (χ2v) is 6.82. The van der Waals surface area contributed by atoms with Gasteiger partial charge in [-0.2, -0.15) is 0 Å². The Morgan fingerprint density at radius 2 is 2.05 bits per heavy atom. The fraction of sp³-hybridized carbons (Fsp3) is 1.00. The quantitative estimate of drug-likeness (QED) is 0.829. The molecule has 0 amide bonds. The number of nitrogens with one attached hydrogen (secondary N) is 1. The smallest absolute Gasteiger partial charge is 0.0622 e. The second-order valence-electron chi connectivity index (χ2n) is 6.82. The topological polar surface area (TPSA) is 24.5 Å². The van der Waals surface area contributed by atoms with Crippen molar-refractivity contribution < 1.29 is 4.74 Å². The molecule has 0 radical (unpaired) electrons. The molecule has 1 N–H and O–H groups in total. The van der Waals surface area contributed by atoms with Crippen molar-refractivity contribution in [3.05, 3.63) is 0 Å². The van der Waals surface area contributed by atoms with Crippen molar-refractivity contribution in [1.29, 1.82) is 0 Å². The van der Waals surface area contributed by atoms with Gasteiger partial charge in [0.2, 0.25) is 0 Å². The van der Waals surface area contributed by atoms with Gasteiger partial charge in [0.05, 0.1) is 13.2 Å². The highest BCUT2D eigenvalue weighted by Gasteiger charge is 2.37. The maximum absolute atomic E-state index is 5.65. The molecule has 0 aromatic carbocycles. The van der Waals surface area contributed by atoms with E-state index in [9.17, 15) is 0 Å². The highest BCUT2D eigenvalue weighted by atomic mass is 16.5. The lowest BCUT2D eigenvalue weighted by atomic mass is 9.70. The number of ether oxygens (including phenoxy) is 1. The van der Waals surface area contributed by atoms with Crippen LogP contribution < -0.4 is 5.32 Å². The zero-order valence-corrected chi connectivity index (χ0v) is 13.1. The van der Waals surface area contributed by atoms with Gasteiger partial charge < -0.3 is 10.1 Å². The summed E-state index contributed by atoms with van der Waals surface area (Å²) in [4.78, 5) is 2.71. The molecule has 1 aliphatic heterocycles. The van der Waals surface area contributed by atoms with Gasteiger partial charge in [-0.05, 0) is 37.6 Å². The van der Waals surface area contributed by atoms with Gasteiger partial charge in [-0.1, -0.05) is 26.7 Å². The maximum atomic E-state index is 5.65. The van der Waals surface area contributed by atoms with E-state index in [1.54, 1.807) is 0 Å². The largest absolute Gasteiger partial charge is 0.378 e. The zero-order chi connectivity index (χ0) is 13.7. The Kier molecular flexibility index (Phi) is 5.67. The molecule has 3 nitrogen and oxygen atoms in total. The molecular formula is C16H32N2O. The van der Waals surface area contributed by atoms with Crippen molar-refractivity contribution in [2.75, 3.05) is 39.9 Å². The van der Waals surface area contributed by atoms with Gasteiger partial charge in [0.1, 0.15) is 0 Å². The van der Waals surface area contributed by atoms with E-state index in [0.29, 0.717) is 11.5 Å². The van der Waals surface area contributed by atoms with Crippen LogP contribution in [0.4, 0.5) is 0 Å². The minimum absolute atomic E-state index is 0.506. The van der Waals surface area contributed by atoms with Crippen LogP contribution in [0.5, 0.6) is 0 Å². The zero-order valence-electron chi connectivity index (χ0n) is 13.1. The van der Waals surface area contributed by atoms with Crippen molar-refractivity contribution in [2.24, 2.45) is 11.3 Å². The molecule has 112 valence electrons. The first-order valence-electron chi connectivity index (χ1n) is 8.15. The predicted octanol–water partition coefficient (Wildman–Crippen LogP) is 2.51. The van der Waals surface area contributed by atoms with Crippen molar-refractivity contribution >= 4 is 0 Å². The molecule has 1 atom stereocenters. The molecule has 1 heterocycles. The van der Waals surface area contributed by atoms with Crippen molar-refractivity contribution in [1.82, 2.24) is 10.2 Å². The summed E-state index contributed by atoms with van der Waals surface area (Å²) in [5, 5.41) is 3.46. The first kappa shape index (κ1) is 15.3. The Balaban J connectivity index is 1.98. The van der Waals surface area contributed by atoms with Crippen LogP contribution in [0.15, 0.2) is 0 Å². The molecule has 1 unspecified atom stereocenters. The summed E-state index contributed by atoms with van der Waals surface area (Å²) < 4.78 is 5.65. The summed E-state index contributed by atoms with van der Waals surface area (Å²) in [6.45, 7) is 10.1. The predicted molar refractivity (Wildman–Crippen MR) is 80.5 cm³/mol. The van der Waals surface area contributed by atoms with E-state index in [-0.39, 0.29) is 0 Å². The highest BCUT2D eigenvalue weighted by molar-refractivity contribution is 4.91. The van der Waals surface area contributed by atoms with Crippen LogP contribution in [-0.4, -0.2) is 50.8 Å². The van der Waals surface area contributed by atoms with Crippen LogP contribution in [0.25, 0.3) is 0 Å². The van der Waals surface area contributed by atoms with E-state index >= 15 is 0 Å². The van der Waals surface area contributed by atoms with E-state index in [4.69, 9.17) is 4.74 Å². The lowest BCUT2D eigenvalue weighted by Gasteiger charge is -2.46. The van der Waals surface area contributed by atoms with Gasteiger partial charge >= 0.3 is 0 Å². The maximum Gasteiger partial charge on any atom is 0.0622 e. The third kappa shape index (κ3) is 3.93. The summed E-state index contributed by atoms with van der Waals surface area (Å²) in [6, 6.07) is 0.641. The number of hydrogen-bond donors (Lipinski definition) is 1. The van der Waals surface area contributed by atoms with Crippen molar-refractivity contribution in [3.63, 3.8) is 0 Å². The lowest BCUT2D eigenvalue weighted by molar-refractivity contribution is -0.0360. The Morgan fingerprint density at radius 1 is 1.32 bits per heavy atom. The molecule has 0 spiro atoms. The monoisotopic (exact) mass is 268 g/mol. The molecule has 0 aromatic rings. The minimum Gasteiger partial charge on any atom is -0.378 e. The summed E-state index contributed by atoms with van der Waals surface area (Å²) in [7, 11) is 2.11. The van der Waals surface area contributed by atoms with Gasteiger partial charge in [-0.15, -0.1) is 0 Å². The Hall–Kier alpha value is -0.120. The molecule has 0 bridgehead atoms. The molecule has 1 saturated heterocycles. The van der Waals surface area contributed by atoms with E-state index in [1.165, 1.54) is 45.2 Å². The number of hydrogen-bond acceptors (Lipinski definition) is 3. The molecule has 3 heteroatoms. The van der Waals surface area contributed by atoms with Crippen LogP contribution in [-0.2, 0) is 4.74 Å². The average Bonchev–Trinajstić information content (AvgIpc) is 2.43. The number of rotatable bonds is 5. The molecule has 0 aromatic heterocycles. The molecule has 2 aliphatic rings. The average molecular weight is 268 g/mol. The van der Waals surface area contributed by atoms with Crippen LogP contribution in [0.2, 0.25) is 0 Å². The molecule has 2 fully saturated rings. The fourth-order valence-corrected chi connectivity index (χ4v) is 3.84. The van der Waals surface area contributed by atoms with Crippen LogP contribution in [0.1, 0.15) is 46.0 Å². The second kappa shape index (κ2) is 7.05. The summed E-state index contributed by atoms with van der Waals surface area (Å²) in [5.74, 6) is 0.927. The van der Waals surface area contributed by atoms with E-state index < -0.39 is 0 Å². The van der Waals surface area contributed by atoms with E-state index in [0.717, 1.165) is 25.7 Å². The first-order chi connectivity index (χ1) is 9.19.